The molecule has 2 fully saturated rings. The van der Waals surface area contributed by atoms with Crippen LogP contribution in [0, 0.1) is 12.8 Å². The molecule has 0 radical (unpaired) electrons. The van der Waals surface area contributed by atoms with Gasteiger partial charge < -0.3 is 13.9 Å². The Labute approximate surface area is 95.7 Å². The lowest BCUT2D eigenvalue weighted by molar-refractivity contribution is -0.181. The largest absolute Gasteiger partial charge is 0.466 e. The molecular formula is C13H18O3. The summed E-state index contributed by atoms with van der Waals surface area (Å²) in [4.78, 5) is 0. The lowest BCUT2D eigenvalue weighted by Gasteiger charge is -2.28. The molecule has 1 aliphatic heterocycles. The van der Waals surface area contributed by atoms with Gasteiger partial charge in [-0.2, -0.15) is 0 Å². The fourth-order valence-corrected chi connectivity index (χ4v) is 2.96. The van der Waals surface area contributed by atoms with Gasteiger partial charge in [-0.05, 0) is 31.9 Å². The second-order valence-electron chi connectivity index (χ2n) is 4.81. The summed E-state index contributed by atoms with van der Waals surface area (Å²) < 4.78 is 17.3. The lowest BCUT2D eigenvalue weighted by atomic mass is 9.97. The van der Waals surface area contributed by atoms with E-state index in [2.05, 4.69) is 6.07 Å². The molecule has 0 amide bonds. The fourth-order valence-electron chi connectivity index (χ4n) is 2.96. The van der Waals surface area contributed by atoms with Crippen LogP contribution in [0.25, 0.3) is 0 Å². The Kier molecular flexibility index (Phi) is 2.52. The second kappa shape index (κ2) is 3.90. The number of aryl methyl sites for hydroxylation is 1. The van der Waals surface area contributed by atoms with E-state index in [9.17, 15) is 0 Å². The normalized spacial score (nSPS) is 27.9. The van der Waals surface area contributed by atoms with E-state index < -0.39 is 0 Å². The van der Waals surface area contributed by atoms with Gasteiger partial charge in [0.25, 0.3) is 0 Å². The summed E-state index contributed by atoms with van der Waals surface area (Å²) in [5, 5.41) is 0. The predicted octanol–water partition coefficient (Wildman–Crippen LogP) is 2.67. The Morgan fingerprint density at radius 2 is 2.12 bits per heavy atom. The van der Waals surface area contributed by atoms with Crippen molar-refractivity contribution in [2.24, 2.45) is 5.92 Å². The Morgan fingerprint density at radius 3 is 2.81 bits per heavy atom. The van der Waals surface area contributed by atoms with Gasteiger partial charge in [0.05, 0.1) is 13.2 Å². The maximum absolute atomic E-state index is 5.83. The van der Waals surface area contributed by atoms with Crippen LogP contribution in [0.15, 0.2) is 16.5 Å². The van der Waals surface area contributed by atoms with Crippen LogP contribution in [0.1, 0.15) is 30.8 Å². The molecule has 1 saturated heterocycles. The van der Waals surface area contributed by atoms with E-state index in [0.29, 0.717) is 5.92 Å². The molecule has 1 aromatic rings. The monoisotopic (exact) mass is 222 g/mol. The highest BCUT2D eigenvalue weighted by Crippen LogP contribution is 2.43. The first-order valence-corrected chi connectivity index (χ1v) is 6.12. The second-order valence-corrected chi connectivity index (χ2v) is 4.81. The summed E-state index contributed by atoms with van der Waals surface area (Å²) >= 11 is 0. The quantitative estimate of drug-likeness (QED) is 0.771. The van der Waals surface area contributed by atoms with E-state index in [1.54, 1.807) is 0 Å². The van der Waals surface area contributed by atoms with Crippen molar-refractivity contribution < 1.29 is 13.9 Å². The van der Waals surface area contributed by atoms with E-state index in [4.69, 9.17) is 13.9 Å². The molecule has 1 saturated carbocycles. The highest BCUT2D eigenvalue weighted by atomic mass is 16.7. The minimum atomic E-state index is -0.291. The molecule has 16 heavy (non-hydrogen) atoms. The molecule has 1 unspecified atom stereocenters. The van der Waals surface area contributed by atoms with E-state index in [1.807, 2.05) is 13.0 Å². The van der Waals surface area contributed by atoms with Gasteiger partial charge in [-0.15, -0.1) is 0 Å². The summed E-state index contributed by atoms with van der Waals surface area (Å²) in [6.07, 6.45) is 4.36. The Balaban J connectivity index is 1.74. The number of hydrogen-bond donors (Lipinski definition) is 0. The summed E-state index contributed by atoms with van der Waals surface area (Å²) in [5.74, 6) is 2.21. The van der Waals surface area contributed by atoms with Gasteiger partial charge in [-0.3, -0.25) is 0 Å². The van der Waals surface area contributed by atoms with Crippen LogP contribution in [-0.2, 0) is 15.9 Å². The SMILES string of the molecule is Cc1ccc(CC2CCCC23OCCO3)o1. The third-order valence-electron chi connectivity index (χ3n) is 3.72. The van der Waals surface area contributed by atoms with E-state index in [0.717, 1.165) is 37.6 Å². The summed E-state index contributed by atoms with van der Waals surface area (Å²) in [7, 11) is 0. The van der Waals surface area contributed by atoms with Crippen molar-refractivity contribution in [1.29, 1.82) is 0 Å². The first-order valence-electron chi connectivity index (χ1n) is 6.12. The van der Waals surface area contributed by atoms with Gasteiger partial charge in [0.2, 0.25) is 0 Å². The van der Waals surface area contributed by atoms with Crippen molar-refractivity contribution in [3.63, 3.8) is 0 Å². The maximum Gasteiger partial charge on any atom is 0.171 e. The average Bonchev–Trinajstić information content (AvgIpc) is 2.95. The zero-order valence-corrected chi connectivity index (χ0v) is 9.70. The Morgan fingerprint density at radius 1 is 1.31 bits per heavy atom. The molecule has 3 nitrogen and oxygen atoms in total. The minimum Gasteiger partial charge on any atom is -0.466 e. The molecule has 2 heterocycles. The van der Waals surface area contributed by atoms with Crippen molar-refractivity contribution in [2.75, 3.05) is 13.2 Å². The molecule has 1 atom stereocenters. The molecular weight excluding hydrogens is 204 g/mol. The van der Waals surface area contributed by atoms with Crippen molar-refractivity contribution in [3.8, 4) is 0 Å². The Hall–Kier alpha value is -0.800. The summed E-state index contributed by atoms with van der Waals surface area (Å²) in [5.41, 5.74) is 0. The van der Waals surface area contributed by atoms with E-state index >= 15 is 0 Å². The van der Waals surface area contributed by atoms with Crippen molar-refractivity contribution >= 4 is 0 Å². The van der Waals surface area contributed by atoms with Gasteiger partial charge >= 0.3 is 0 Å². The highest BCUT2D eigenvalue weighted by Gasteiger charge is 2.47. The lowest BCUT2D eigenvalue weighted by Crippen LogP contribution is -2.35. The van der Waals surface area contributed by atoms with Gasteiger partial charge in [0.1, 0.15) is 11.5 Å². The molecule has 3 rings (SSSR count). The number of ether oxygens (including phenoxy) is 2. The molecule has 1 aromatic heterocycles. The topological polar surface area (TPSA) is 31.6 Å². The summed E-state index contributed by atoms with van der Waals surface area (Å²) in [6, 6.07) is 4.09. The zero-order chi connectivity index (χ0) is 11.0. The Bertz CT molecular complexity index is 357. The first-order chi connectivity index (χ1) is 7.78. The van der Waals surface area contributed by atoms with Crippen LogP contribution >= 0.6 is 0 Å². The van der Waals surface area contributed by atoms with Crippen molar-refractivity contribution in [2.45, 2.75) is 38.4 Å². The standard InChI is InChI=1S/C13H18O3/c1-10-4-5-12(16-10)9-11-3-2-6-13(11)14-7-8-15-13/h4-5,11H,2-3,6-9H2,1H3. The molecule has 0 bridgehead atoms. The summed E-state index contributed by atoms with van der Waals surface area (Å²) in [6.45, 7) is 3.47. The van der Waals surface area contributed by atoms with Crippen molar-refractivity contribution in [1.82, 2.24) is 0 Å². The predicted molar refractivity (Wildman–Crippen MR) is 59.1 cm³/mol. The average molecular weight is 222 g/mol. The molecule has 0 N–H and O–H groups in total. The van der Waals surface area contributed by atoms with E-state index in [1.165, 1.54) is 12.8 Å². The minimum absolute atomic E-state index is 0.291. The van der Waals surface area contributed by atoms with Gasteiger partial charge in [0, 0.05) is 18.8 Å². The van der Waals surface area contributed by atoms with Crippen LogP contribution < -0.4 is 0 Å². The first kappa shape index (κ1) is 10.4. The molecule has 2 aliphatic rings. The third-order valence-corrected chi connectivity index (χ3v) is 3.72. The zero-order valence-electron chi connectivity index (χ0n) is 9.70. The van der Waals surface area contributed by atoms with Crippen LogP contribution in [0.3, 0.4) is 0 Å². The number of hydrogen-bond acceptors (Lipinski definition) is 3. The molecule has 1 spiro atoms. The van der Waals surface area contributed by atoms with Crippen LogP contribution in [-0.4, -0.2) is 19.0 Å². The molecule has 1 aliphatic carbocycles. The van der Waals surface area contributed by atoms with Crippen molar-refractivity contribution in [3.05, 3.63) is 23.7 Å². The molecule has 88 valence electrons. The van der Waals surface area contributed by atoms with Gasteiger partial charge in [0.15, 0.2) is 5.79 Å². The molecule has 3 heteroatoms. The maximum atomic E-state index is 5.83. The molecule has 0 aromatic carbocycles. The van der Waals surface area contributed by atoms with E-state index in [-0.39, 0.29) is 5.79 Å². The number of rotatable bonds is 2. The number of furan rings is 1. The van der Waals surface area contributed by atoms with Gasteiger partial charge in [-0.25, -0.2) is 0 Å². The van der Waals surface area contributed by atoms with Crippen LogP contribution in [0.5, 0.6) is 0 Å². The van der Waals surface area contributed by atoms with Crippen LogP contribution in [0.2, 0.25) is 0 Å². The third kappa shape index (κ3) is 1.68. The smallest absolute Gasteiger partial charge is 0.171 e. The highest BCUT2D eigenvalue weighted by molar-refractivity contribution is 5.08. The fraction of sp³-hybridized carbons (Fsp3) is 0.692. The van der Waals surface area contributed by atoms with Gasteiger partial charge in [-0.1, -0.05) is 0 Å². The van der Waals surface area contributed by atoms with Crippen LogP contribution in [0.4, 0.5) is 0 Å².